The molecule has 0 aliphatic heterocycles. The lowest BCUT2D eigenvalue weighted by Gasteiger charge is -2.19. The van der Waals surface area contributed by atoms with Crippen molar-refractivity contribution in [1.29, 1.82) is 0 Å². The molecule has 1 aromatic rings. The summed E-state index contributed by atoms with van der Waals surface area (Å²) in [6, 6.07) is 9.18. The van der Waals surface area contributed by atoms with Gasteiger partial charge < -0.3 is 11.1 Å². The van der Waals surface area contributed by atoms with Crippen molar-refractivity contribution in [2.75, 3.05) is 5.32 Å². The van der Waals surface area contributed by atoms with E-state index in [4.69, 9.17) is 5.73 Å². The van der Waals surface area contributed by atoms with Gasteiger partial charge in [-0.1, -0.05) is 18.2 Å². The van der Waals surface area contributed by atoms with E-state index < -0.39 is 0 Å². The standard InChI is InChI=1S/C12H18N2/c1-9-5-2-3-7-11(9)14-12-8-4-6-10(12)13/h2-3,5,7,10,12,14H,4,6,8,13H2,1H3/t10-,12+/m1/s1. The van der Waals surface area contributed by atoms with Crippen LogP contribution in [0.25, 0.3) is 0 Å². The molecule has 1 aliphatic carbocycles. The smallest absolute Gasteiger partial charge is 0.0412 e. The summed E-state index contributed by atoms with van der Waals surface area (Å²) in [6.07, 6.45) is 3.61. The maximum Gasteiger partial charge on any atom is 0.0412 e. The second-order valence-corrected chi connectivity index (χ2v) is 4.16. The van der Waals surface area contributed by atoms with Crippen LogP contribution in [-0.4, -0.2) is 12.1 Å². The fourth-order valence-corrected chi connectivity index (χ4v) is 2.10. The minimum atomic E-state index is 0.328. The van der Waals surface area contributed by atoms with E-state index in [-0.39, 0.29) is 0 Å². The van der Waals surface area contributed by atoms with E-state index in [0.717, 1.165) is 6.42 Å². The number of hydrogen-bond donors (Lipinski definition) is 2. The summed E-state index contributed by atoms with van der Waals surface area (Å²) in [6.45, 7) is 2.13. The summed E-state index contributed by atoms with van der Waals surface area (Å²) in [5, 5.41) is 3.53. The topological polar surface area (TPSA) is 38.0 Å². The molecule has 1 aromatic carbocycles. The summed E-state index contributed by atoms with van der Waals surface area (Å²) in [4.78, 5) is 0. The number of para-hydroxylation sites is 1. The van der Waals surface area contributed by atoms with Gasteiger partial charge in [-0.2, -0.15) is 0 Å². The number of nitrogens with one attached hydrogen (secondary N) is 1. The van der Waals surface area contributed by atoms with Gasteiger partial charge in [-0.15, -0.1) is 0 Å². The zero-order valence-electron chi connectivity index (χ0n) is 8.66. The molecule has 2 nitrogen and oxygen atoms in total. The third kappa shape index (κ3) is 1.90. The van der Waals surface area contributed by atoms with E-state index >= 15 is 0 Å². The Hall–Kier alpha value is -1.02. The molecule has 0 aromatic heterocycles. The highest BCUT2D eigenvalue weighted by Crippen LogP contribution is 2.23. The maximum atomic E-state index is 6.01. The van der Waals surface area contributed by atoms with Crippen LogP contribution in [0.1, 0.15) is 24.8 Å². The van der Waals surface area contributed by atoms with Crippen LogP contribution in [0.5, 0.6) is 0 Å². The first-order chi connectivity index (χ1) is 6.77. The number of benzene rings is 1. The Balaban J connectivity index is 2.07. The van der Waals surface area contributed by atoms with Gasteiger partial charge in [-0.05, 0) is 37.8 Å². The normalized spacial score (nSPS) is 26.4. The average Bonchev–Trinajstić information content (AvgIpc) is 2.56. The van der Waals surface area contributed by atoms with Crippen LogP contribution < -0.4 is 11.1 Å². The maximum absolute atomic E-state index is 6.01. The van der Waals surface area contributed by atoms with Gasteiger partial charge in [0.25, 0.3) is 0 Å². The highest BCUT2D eigenvalue weighted by Gasteiger charge is 2.23. The molecular weight excluding hydrogens is 172 g/mol. The molecular formula is C12H18N2. The molecule has 14 heavy (non-hydrogen) atoms. The van der Waals surface area contributed by atoms with Crippen molar-refractivity contribution in [3.05, 3.63) is 29.8 Å². The summed E-state index contributed by atoms with van der Waals surface area (Å²) < 4.78 is 0. The van der Waals surface area contributed by atoms with Gasteiger partial charge in [-0.25, -0.2) is 0 Å². The van der Waals surface area contributed by atoms with Gasteiger partial charge in [0.2, 0.25) is 0 Å². The molecule has 0 radical (unpaired) electrons. The van der Waals surface area contributed by atoms with E-state index in [1.807, 2.05) is 0 Å². The van der Waals surface area contributed by atoms with Crippen molar-refractivity contribution in [3.63, 3.8) is 0 Å². The van der Waals surface area contributed by atoms with Gasteiger partial charge in [0.05, 0.1) is 0 Å². The van der Waals surface area contributed by atoms with E-state index in [2.05, 4.69) is 36.5 Å². The van der Waals surface area contributed by atoms with Gasteiger partial charge in [-0.3, -0.25) is 0 Å². The SMILES string of the molecule is Cc1ccccc1N[C@H]1CCC[C@H]1N. The Kier molecular flexibility index (Phi) is 2.73. The Morgan fingerprint density at radius 3 is 2.71 bits per heavy atom. The predicted octanol–water partition coefficient (Wildman–Crippen LogP) is 2.29. The molecule has 3 N–H and O–H groups in total. The molecule has 2 rings (SSSR count). The predicted molar refractivity (Wildman–Crippen MR) is 60.4 cm³/mol. The zero-order chi connectivity index (χ0) is 9.97. The molecule has 0 spiro atoms. The van der Waals surface area contributed by atoms with Gasteiger partial charge >= 0.3 is 0 Å². The Morgan fingerprint density at radius 1 is 1.29 bits per heavy atom. The number of hydrogen-bond acceptors (Lipinski definition) is 2. The Labute approximate surface area is 85.5 Å². The van der Waals surface area contributed by atoms with Crippen LogP contribution in [0.3, 0.4) is 0 Å². The Morgan fingerprint density at radius 2 is 2.07 bits per heavy atom. The van der Waals surface area contributed by atoms with Crippen molar-refractivity contribution in [3.8, 4) is 0 Å². The number of anilines is 1. The van der Waals surface area contributed by atoms with E-state index in [0.29, 0.717) is 12.1 Å². The fraction of sp³-hybridized carbons (Fsp3) is 0.500. The molecule has 2 heteroatoms. The molecule has 0 bridgehead atoms. The first-order valence-corrected chi connectivity index (χ1v) is 5.35. The largest absolute Gasteiger partial charge is 0.381 e. The summed E-state index contributed by atoms with van der Waals surface area (Å²) in [5.74, 6) is 0. The molecule has 2 atom stereocenters. The fourth-order valence-electron chi connectivity index (χ4n) is 2.10. The second kappa shape index (κ2) is 4.01. The van der Waals surface area contributed by atoms with Gasteiger partial charge in [0.15, 0.2) is 0 Å². The molecule has 1 aliphatic rings. The lowest BCUT2D eigenvalue weighted by atomic mass is 10.1. The molecule has 0 heterocycles. The minimum Gasteiger partial charge on any atom is -0.381 e. The van der Waals surface area contributed by atoms with E-state index in [1.54, 1.807) is 0 Å². The highest BCUT2D eigenvalue weighted by atomic mass is 15.0. The summed E-state index contributed by atoms with van der Waals surface area (Å²) in [5.41, 5.74) is 8.54. The van der Waals surface area contributed by atoms with E-state index in [9.17, 15) is 0 Å². The number of rotatable bonds is 2. The second-order valence-electron chi connectivity index (χ2n) is 4.16. The van der Waals surface area contributed by atoms with Gasteiger partial charge in [0, 0.05) is 17.8 Å². The minimum absolute atomic E-state index is 0.328. The van der Waals surface area contributed by atoms with Crippen LogP contribution >= 0.6 is 0 Å². The van der Waals surface area contributed by atoms with Crippen molar-refractivity contribution in [2.45, 2.75) is 38.3 Å². The number of nitrogens with two attached hydrogens (primary N) is 1. The first kappa shape index (κ1) is 9.53. The third-order valence-corrected chi connectivity index (χ3v) is 3.06. The quantitative estimate of drug-likeness (QED) is 0.751. The van der Waals surface area contributed by atoms with Crippen molar-refractivity contribution in [1.82, 2.24) is 0 Å². The molecule has 0 unspecified atom stereocenters. The van der Waals surface area contributed by atoms with Crippen molar-refractivity contribution >= 4 is 5.69 Å². The lowest BCUT2D eigenvalue weighted by Crippen LogP contribution is -2.35. The molecule has 0 saturated heterocycles. The Bertz CT molecular complexity index is 309. The first-order valence-electron chi connectivity index (χ1n) is 5.35. The lowest BCUT2D eigenvalue weighted by molar-refractivity contribution is 0.637. The third-order valence-electron chi connectivity index (χ3n) is 3.06. The van der Waals surface area contributed by atoms with Crippen LogP contribution in [0, 0.1) is 6.92 Å². The van der Waals surface area contributed by atoms with Crippen molar-refractivity contribution < 1.29 is 0 Å². The van der Waals surface area contributed by atoms with E-state index in [1.165, 1.54) is 24.1 Å². The number of aryl methyl sites for hydroxylation is 1. The van der Waals surface area contributed by atoms with Gasteiger partial charge in [0.1, 0.15) is 0 Å². The summed E-state index contributed by atoms with van der Waals surface area (Å²) in [7, 11) is 0. The average molecular weight is 190 g/mol. The monoisotopic (exact) mass is 190 g/mol. The van der Waals surface area contributed by atoms with Crippen LogP contribution in [-0.2, 0) is 0 Å². The highest BCUT2D eigenvalue weighted by molar-refractivity contribution is 5.51. The van der Waals surface area contributed by atoms with Crippen LogP contribution in [0.4, 0.5) is 5.69 Å². The van der Waals surface area contributed by atoms with Crippen LogP contribution in [0.15, 0.2) is 24.3 Å². The van der Waals surface area contributed by atoms with Crippen molar-refractivity contribution in [2.24, 2.45) is 5.73 Å². The molecule has 0 amide bonds. The molecule has 1 saturated carbocycles. The molecule has 76 valence electrons. The molecule has 1 fully saturated rings. The zero-order valence-corrected chi connectivity index (χ0v) is 8.66. The summed E-state index contributed by atoms with van der Waals surface area (Å²) >= 11 is 0. The van der Waals surface area contributed by atoms with Crippen LogP contribution in [0.2, 0.25) is 0 Å².